The van der Waals surface area contributed by atoms with E-state index in [0.717, 1.165) is 24.6 Å². The van der Waals surface area contributed by atoms with Gasteiger partial charge in [-0.15, -0.1) is 5.10 Å². The van der Waals surface area contributed by atoms with Crippen LogP contribution in [0.5, 0.6) is 0 Å². The van der Waals surface area contributed by atoms with Gasteiger partial charge in [-0.25, -0.2) is 0 Å². The molecule has 1 aliphatic rings. The van der Waals surface area contributed by atoms with E-state index in [1.807, 2.05) is 13.2 Å². The summed E-state index contributed by atoms with van der Waals surface area (Å²) >= 11 is 0. The molecule has 4 heteroatoms. The van der Waals surface area contributed by atoms with Gasteiger partial charge in [0.1, 0.15) is 0 Å². The van der Waals surface area contributed by atoms with Gasteiger partial charge in [0.05, 0.1) is 5.69 Å². The average molecular weight is 250 g/mol. The van der Waals surface area contributed by atoms with Crippen molar-refractivity contribution in [1.29, 1.82) is 0 Å². The maximum absolute atomic E-state index is 6.06. The van der Waals surface area contributed by atoms with Gasteiger partial charge in [-0.1, -0.05) is 25.0 Å². The molecular weight excluding hydrogens is 224 g/mol. The lowest BCUT2D eigenvalue weighted by Gasteiger charge is -2.39. The largest absolute Gasteiger partial charge is 0.330 e. The Balaban J connectivity index is 1.96. The molecule has 0 amide bonds. The second kappa shape index (κ2) is 5.83. The van der Waals surface area contributed by atoms with E-state index >= 15 is 0 Å². The molecule has 0 aromatic carbocycles. The summed E-state index contributed by atoms with van der Waals surface area (Å²) in [5.41, 5.74) is 7.43. The van der Waals surface area contributed by atoms with Gasteiger partial charge in [-0.05, 0) is 50.0 Å². The van der Waals surface area contributed by atoms with Gasteiger partial charge in [0, 0.05) is 13.2 Å². The highest BCUT2D eigenvalue weighted by Crippen LogP contribution is 2.41. The highest BCUT2D eigenvalue weighted by Gasteiger charge is 2.34. The monoisotopic (exact) mass is 250 g/mol. The molecule has 0 spiro atoms. The summed E-state index contributed by atoms with van der Waals surface area (Å²) in [7, 11) is 1.92. The minimum absolute atomic E-state index is 0.278. The number of aryl methyl sites for hydroxylation is 1. The van der Waals surface area contributed by atoms with Crippen LogP contribution in [-0.2, 0) is 13.5 Å². The van der Waals surface area contributed by atoms with Crippen LogP contribution in [0.1, 0.15) is 51.1 Å². The lowest BCUT2D eigenvalue weighted by molar-refractivity contribution is 0.149. The standard InChI is InChI=1S/C14H26N4/c1-3-4-12-5-7-14(11-15,8-6-12)9-13-10-18(2)17-16-13/h10,12H,3-9,11,15H2,1-2H3. The fourth-order valence-electron chi connectivity index (χ4n) is 3.30. The number of hydrogen-bond donors (Lipinski definition) is 1. The number of rotatable bonds is 5. The molecule has 0 radical (unpaired) electrons. The van der Waals surface area contributed by atoms with Crippen LogP contribution in [0.2, 0.25) is 0 Å². The van der Waals surface area contributed by atoms with E-state index in [1.54, 1.807) is 4.68 Å². The predicted octanol–water partition coefficient (Wildman–Crippen LogP) is 2.29. The molecule has 1 saturated carbocycles. The SMILES string of the molecule is CCCC1CCC(CN)(Cc2cn(C)nn2)CC1. The Hall–Kier alpha value is -0.900. The first kappa shape index (κ1) is 13.5. The average Bonchev–Trinajstić information content (AvgIpc) is 2.78. The maximum atomic E-state index is 6.06. The van der Waals surface area contributed by atoms with Crippen molar-refractivity contribution in [3.05, 3.63) is 11.9 Å². The number of hydrogen-bond acceptors (Lipinski definition) is 3. The van der Waals surface area contributed by atoms with Crippen LogP contribution in [0.15, 0.2) is 6.20 Å². The summed E-state index contributed by atoms with van der Waals surface area (Å²) in [5, 5.41) is 8.23. The normalized spacial score (nSPS) is 28.5. The summed E-state index contributed by atoms with van der Waals surface area (Å²) in [4.78, 5) is 0. The number of aromatic nitrogens is 3. The zero-order chi connectivity index (χ0) is 13.0. The van der Waals surface area contributed by atoms with Crippen LogP contribution in [0.3, 0.4) is 0 Å². The van der Waals surface area contributed by atoms with Crippen molar-refractivity contribution in [2.45, 2.75) is 51.9 Å². The second-order valence-corrected chi connectivity index (χ2v) is 6.00. The Labute approximate surface area is 110 Å². The molecule has 102 valence electrons. The third kappa shape index (κ3) is 3.10. The molecule has 0 unspecified atom stereocenters. The van der Waals surface area contributed by atoms with Crippen molar-refractivity contribution in [3.8, 4) is 0 Å². The summed E-state index contributed by atoms with van der Waals surface area (Å²) in [6, 6.07) is 0. The van der Waals surface area contributed by atoms with Gasteiger partial charge in [0.25, 0.3) is 0 Å². The van der Waals surface area contributed by atoms with Crippen LogP contribution in [0, 0.1) is 11.3 Å². The zero-order valence-corrected chi connectivity index (χ0v) is 11.7. The molecule has 1 heterocycles. The third-order valence-electron chi connectivity index (χ3n) is 4.50. The van der Waals surface area contributed by atoms with E-state index in [4.69, 9.17) is 5.73 Å². The lowest BCUT2D eigenvalue weighted by Crippen LogP contribution is -2.37. The van der Waals surface area contributed by atoms with E-state index in [0.29, 0.717) is 0 Å². The van der Waals surface area contributed by atoms with E-state index in [2.05, 4.69) is 17.2 Å². The fourth-order valence-corrected chi connectivity index (χ4v) is 3.30. The molecule has 2 rings (SSSR count). The molecule has 4 nitrogen and oxygen atoms in total. The van der Waals surface area contributed by atoms with Crippen LogP contribution in [0.4, 0.5) is 0 Å². The Morgan fingerprint density at radius 3 is 2.67 bits per heavy atom. The Kier molecular flexibility index (Phi) is 4.38. The van der Waals surface area contributed by atoms with Gasteiger partial charge < -0.3 is 5.73 Å². The molecule has 0 bridgehead atoms. The van der Waals surface area contributed by atoms with E-state index < -0.39 is 0 Å². The molecule has 1 aromatic heterocycles. The minimum atomic E-state index is 0.278. The van der Waals surface area contributed by atoms with E-state index in [-0.39, 0.29) is 5.41 Å². The van der Waals surface area contributed by atoms with E-state index in [9.17, 15) is 0 Å². The molecule has 0 saturated heterocycles. The van der Waals surface area contributed by atoms with Crippen molar-refractivity contribution >= 4 is 0 Å². The van der Waals surface area contributed by atoms with Crippen molar-refractivity contribution < 1.29 is 0 Å². The van der Waals surface area contributed by atoms with Crippen LogP contribution in [-0.4, -0.2) is 21.5 Å². The van der Waals surface area contributed by atoms with Gasteiger partial charge in [-0.3, -0.25) is 4.68 Å². The first-order chi connectivity index (χ1) is 8.67. The maximum Gasteiger partial charge on any atom is 0.0833 e. The predicted molar refractivity (Wildman–Crippen MR) is 73.1 cm³/mol. The Morgan fingerprint density at radius 1 is 1.44 bits per heavy atom. The molecule has 0 atom stereocenters. The minimum Gasteiger partial charge on any atom is -0.330 e. The summed E-state index contributed by atoms with van der Waals surface area (Å²) < 4.78 is 1.78. The fraction of sp³-hybridized carbons (Fsp3) is 0.857. The highest BCUT2D eigenvalue weighted by atomic mass is 15.4. The third-order valence-corrected chi connectivity index (χ3v) is 4.50. The molecular formula is C14H26N4. The van der Waals surface area contributed by atoms with Crippen molar-refractivity contribution in [1.82, 2.24) is 15.0 Å². The smallest absolute Gasteiger partial charge is 0.0833 e. The molecule has 2 N–H and O–H groups in total. The van der Waals surface area contributed by atoms with Gasteiger partial charge >= 0.3 is 0 Å². The van der Waals surface area contributed by atoms with Crippen LogP contribution < -0.4 is 5.73 Å². The molecule has 1 aromatic rings. The van der Waals surface area contributed by atoms with Gasteiger partial charge in [0.2, 0.25) is 0 Å². The molecule has 0 aliphatic heterocycles. The molecule has 1 aliphatic carbocycles. The topological polar surface area (TPSA) is 56.7 Å². The first-order valence-electron chi connectivity index (χ1n) is 7.23. The van der Waals surface area contributed by atoms with Crippen molar-refractivity contribution in [2.24, 2.45) is 24.1 Å². The van der Waals surface area contributed by atoms with Gasteiger partial charge in [-0.2, -0.15) is 0 Å². The van der Waals surface area contributed by atoms with Crippen LogP contribution >= 0.6 is 0 Å². The Bertz CT molecular complexity index is 364. The molecule has 1 fully saturated rings. The van der Waals surface area contributed by atoms with E-state index in [1.165, 1.54) is 38.5 Å². The summed E-state index contributed by atoms with van der Waals surface area (Å²) in [6.45, 7) is 3.06. The zero-order valence-electron chi connectivity index (χ0n) is 11.7. The first-order valence-corrected chi connectivity index (χ1v) is 7.23. The lowest BCUT2D eigenvalue weighted by atomic mass is 9.67. The Morgan fingerprint density at radius 2 is 2.17 bits per heavy atom. The van der Waals surface area contributed by atoms with Crippen LogP contribution in [0.25, 0.3) is 0 Å². The van der Waals surface area contributed by atoms with Crippen molar-refractivity contribution in [3.63, 3.8) is 0 Å². The number of nitrogens with zero attached hydrogens (tertiary/aromatic N) is 3. The van der Waals surface area contributed by atoms with Crippen molar-refractivity contribution in [2.75, 3.05) is 6.54 Å². The molecule has 18 heavy (non-hydrogen) atoms. The second-order valence-electron chi connectivity index (χ2n) is 6.00. The quantitative estimate of drug-likeness (QED) is 0.872. The van der Waals surface area contributed by atoms with Gasteiger partial charge in [0.15, 0.2) is 0 Å². The summed E-state index contributed by atoms with van der Waals surface area (Å²) in [6.07, 6.45) is 10.9. The number of nitrogens with two attached hydrogens (primary N) is 1. The highest BCUT2D eigenvalue weighted by molar-refractivity contribution is 5.01. The summed E-state index contributed by atoms with van der Waals surface area (Å²) in [5.74, 6) is 0.927.